The van der Waals surface area contributed by atoms with Gasteiger partial charge in [0.05, 0.1) is 6.10 Å². The lowest BCUT2D eigenvalue weighted by Crippen LogP contribution is -2.06. The lowest BCUT2D eigenvalue weighted by molar-refractivity contribution is 0.170. The van der Waals surface area contributed by atoms with Crippen molar-refractivity contribution in [1.82, 2.24) is 0 Å². The molecule has 0 radical (unpaired) electrons. The summed E-state index contributed by atoms with van der Waals surface area (Å²) < 4.78 is 0. The van der Waals surface area contributed by atoms with Crippen LogP contribution in [0.25, 0.3) is 0 Å². The zero-order valence-corrected chi connectivity index (χ0v) is 9.24. The van der Waals surface area contributed by atoms with Gasteiger partial charge in [-0.25, -0.2) is 0 Å². The maximum atomic E-state index is 9.55. The smallest absolute Gasteiger partial charge is 0.0580 e. The van der Waals surface area contributed by atoms with E-state index in [-0.39, 0.29) is 6.10 Å². The van der Waals surface area contributed by atoms with Crippen LogP contribution in [0.1, 0.15) is 25.3 Å². The summed E-state index contributed by atoms with van der Waals surface area (Å²) in [6, 6.07) is 10.2. The van der Waals surface area contributed by atoms with Crippen LogP contribution in [0.2, 0.25) is 0 Å². The Labute approximate surface area is 91.8 Å². The number of aliphatic hydroxyl groups is 1. The van der Waals surface area contributed by atoms with Crippen molar-refractivity contribution < 1.29 is 5.11 Å². The molecule has 0 saturated carbocycles. The molecule has 0 amide bonds. The van der Waals surface area contributed by atoms with Gasteiger partial charge < -0.3 is 5.11 Å². The van der Waals surface area contributed by atoms with Gasteiger partial charge in [-0.2, -0.15) is 0 Å². The van der Waals surface area contributed by atoms with Crippen LogP contribution in [0.3, 0.4) is 0 Å². The van der Waals surface area contributed by atoms with Crippen LogP contribution in [0.5, 0.6) is 0 Å². The van der Waals surface area contributed by atoms with Gasteiger partial charge in [0.1, 0.15) is 0 Å². The highest BCUT2D eigenvalue weighted by Crippen LogP contribution is 2.13. The zero-order chi connectivity index (χ0) is 11.1. The molecule has 0 spiro atoms. The first-order valence-corrected chi connectivity index (χ1v) is 5.36. The van der Waals surface area contributed by atoms with E-state index in [0.717, 1.165) is 18.4 Å². The van der Waals surface area contributed by atoms with Crippen molar-refractivity contribution in [2.24, 2.45) is 0 Å². The zero-order valence-electron chi connectivity index (χ0n) is 9.24. The number of benzene rings is 1. The van der Waals surface area contributed by atoms with Crippen LogP contribution in [-0.4, -0.2) is 11.2 Å². The SMILES string of the molecule is C=C=C(Cc1ccccc1)C[C@H](O)CC. The Morgan fingerprint density at radius 3 is 2.60 bits per heavy atom. The first-order valence-electron chi connectivity index (χ1n) is 5.36. The van der Waals surface area contributed by atoms with E-state index in [0.29, 0.717) is 6.42 Å². The molecule has 1 rings (SSSR count). The van der Waals surface area contributed by atoms with Crippen molar-refractivity contribution in [2.75, 3.05) is 0 Å². The molecule has 15 heavy (non-hydrogen) atoms. The molecule has 1 atom stereocenters. The van der Waals surface area contributed by atoms with Crippen LogP contribution in [-0.2, 0) is 6.42 Å². The average molecular weight is 202 g/mol. The highest BCUT2D eigenvalue weighted by atomic mass is 16.3. The lowest BCUT2D eigenvalue weighted by Gasteiger charge is -2.09. The molecule has 0 aliphatic heterocycles. The molecule has 1 N–H and O–H groups in total. The second kappa shape index (κ2) is 6.23. The minimum atomic E-state index is -0.266. The highest BCUT2D eigenvalue weighted by Gasteiger charge is 2.05. The summed E-state index contributed by atoms with van der Waals surface area (Å²) >= 11 is 0. The van der Waals surface area contributed by atoms with Crippen LogP contribution in [0.15, 0.2) is 48.2 Å². The van der Waals surface area contributed by atoms with E-state index in [1.807, 2.05) is 25.1 Å². The quantitative estimate of drug-likeness (QED) is 0.727. The maximum Gasteiger partial charge on any atom is 0.0580 e. The van der Waals surface area contributed by atoms with E-state index in [1.54, 1.807) is 0 Å². The van der Waals surface area contributed by atoms with Gasteiger partial charge in [0.2, 0.25) is 0 Å². The maximum absolute atomic E-state index is 9.55. The van der Waals surface area contributed by atoms with Gasteiger partial charge in [-0.15, -0.1) is 5.73 Å². The minimum absolute atomic E-state index is 0.266. The standard InChI is InChI=1S/C14H18O/c1-3-12(11-14(15)4-2)10-13-8-6-5-7-9-13/h5-9,14-15H,1,4,10-11H2,2H3/t14-/m1/s1. The Kier molecular flexibility index (Phi) is 4.89. The van der Waals surface area contributed by atoms with Gasteiger partial charge in [-0.3, -0.25) is 0 Å². The molecule has 0 fully saturated rings. The molecule has 0 aliphatic carbocycles. The molecule has 80 valence electrons. The van der Waals surface area contributed by atoms with Crippen LogP contribution in [0.4, 0.5) is 0 Å². The predicted octanol–water partition coefficient (Wildman–Crippen LogP) is 3.10. The van der Waals surface area contributed by atoms with Crippen molar-refractivity contribution in [2.45, 2.75) is 32.3 Å². The molecular formula is C14H18O. The normalized spacial score (nSPS) is 11.9. The van der Waals surface area contributed by atoms with Crippen molar-refractivity contribution in [3.63, 3.8) is 0 Å². The van der Waals surface area contributed by atoms with Crippen molar-refractivity contribution in [1.29, 1.82) is 0 Å². The van der Waals surface area contributed by atoms with E-state index in [9.17, 15) is 5.11 Å². The third-order valence-electron chi connectivity index (χ3n) is 2.46. The molecule has 0 heterocycles. The molecule has 0 bridgehead atoms. The third-order valence-corrected chi connectivity index (χ3v) is 2.46. The van der Waals surface area contributed by atoms with E-state index < -0.39 is 0 Å². The Bertz CT molecular complexity index is 334. The first kappa shape index (κ1) is 11.8. The molecular weight excluding hydrogens is 184 g/mol. The van der Waals surface area contributed by atoms with Gasteiger partial charge in [0.25, 0.3) is 0 Å². The van der Waals surface area contributed by atoms with Crippen molar-refractivity contribution in [3.8, 4) is 0 Å². The summed E-state index contributed by atoms with van der Waals surface area (Å²) in [7, 11) is 0. The molecule has 1 aromatic carbocycles. The number of hydrogen-bond acceptors (Lipinski definition) is 1. The summed E-state index contributed by atoms with van der Waals surface area (Å²) in [5.74, 6) is 0. The number of aliphatic hydroxyl groups excluding tert-OH is 1. The third kappa shape index (κ3) is 4.16. The second-order valence-corrected chi connectivity index (χ2v) is 3.71. The number of rotatable bonds is 5. The fraction of sp³-hybridized carbons (Fsp3) is 0.357. The Morgan fingerprint density at radius 2 is 2.07 bits per heavy atom. The van der Waals surface area contributed by atoms with Crippen LogP contribution >= 0.6 is 0 Å². The molecule has 0 saturated heterocycles. The Hall–Kier alpha value is -1.30. The van der Waals surface area contributed by atoms with Gasteiger partial charge >= 0.3 is 0 Å². The summed E-state index contributed by atoms with van der Waals surface area (Å²) in [4.78, 5) is 0. The first-order chi connectivity index (χ1) is 7.26. The predicted molar refractivity (Wildman–Crippen MR) is 63.7 cm³/mol. The summed E-state index contributed by atoms with van der Waals surface area (Å²) in [6.07, 6.45) is 2.02. The monoisotopic (exact) mass is 202 g/mol. The highest BCUT2D eigenvalue weighted by molar-refractivity contribution is 5.21. The topological polar surface area (TPSA) is 20.2 Å². The largest absolute Gasteiger partial charge is 0.393 e. The second-order valence-electron chi connectivity index (χ2n) is 3.71. The molecule has 1 aromatic rings. The fourth-order valence-corrected chi connectivity index (χ4v) is 1.48. The van der Waals surface area contributed by atoms with E-state index in [2.05, 4.69) is 24.4 Å². The van der Waals surface area contributed by atoms with Gasteiger partial charge in [0.15, 0.2) is 0 Å². The molecule has 0 unspecified atom stereocenters. The minimum Gasteiger partial charge on any atom is -0.393 e. The molecule has 0 aliphatic rings. The van der Waals surface area contributed by atoms with E-state index in [1.165, 1.54) is 5.56 Å². The average Bonchev–Trinajstić information content (AvgIpc) is 2.29. The van der Waals surface area contributed by atoms with Crippen LogP contribution < -0.4 is 0 Å². The Balaban J connectivity index is 2.60. The van der Waals surface area contributed by atoms with Crippen molar-refractivity contribution >= 4 is 0 Å². The lowest BCUT2D eigenvalue weighted by atomic mass is 10.00. The fourth-order valence-electron chi connectivity index (χ4n) is 1.48. The number of hydrogen-bond donors (Lipinski definition) is 1. The molecule has 1 nitrogen and oxygen atoms in total. The van der Waals surface area contributed by atoms with Gasteiger partial charge in [-0.1, -0.05) is 43.8 Å². The summed E-state index contributed by atoms with van der Waals surface area (Å²) in [5.41, 5.74) is 5.24. The van der Waals surface area contributed by atoms with Gasteiger partial charge in [0, 0.05) is 12.8 Å². The summed E-state index contributed by atoms with van der Waals surface area (Å²) in [5, 5.41) is 9.55. The van der Waals surface area contributed by atoms with E-state index >= 15 is 0 Å². The van der Waals surface area contributed by atoms with E-state index in [4.69, 9.17) is 0 Å². The Morgan fingerprint density at radius 1 is 1.40 bits per heavy atom. The molecule has 1 heteroatoms. The van der Waals surface area contributed by atoms with Crippen molar-refractivity contribution in [3.05, 3.63) is 53.8 Å². The van der Waals surface area contributed by atoms with Gasteiger partial charge in [-0.05, 0) is 17.6 Å². The summed E-state index contributed by atoms with van der Waals surface area (Å²) in [6.45, 7) is 5.65. The molecule has 0 aromatic heterocycles. The van der Waals surface area contributed by atoms with Crippen LogP contribution in [0, 0.1) is 0 Å².